The summed E-state index contributed by atoms with van der Waals surface area (Å²) in [5.41, 5.74) is 4.08. The van der Waals surface area contributed by atoms with Gasteiger partial charge < -0.3 is 20.1 Å². The zero-order chi connectivity index (χ0) is 24.6. The Morgan fingerprint density at radius 2 is 1.63 bits per heavy atom. The Balaban J connectivity index is 1.40. The lowest BCUT2D eigenvalue weighted by Gasteiger charge is -2.19. The molecule has 0 bridgehead atoms. The number of amides is 3. The molecule has 0 unspecified atom stereocenters. The molecule has 0 aromatic heterocycles. The Labute approximate surface area is 202 Å². The van der Waals surface area contributed by atoms with Crippen molar-refractivity contribution in [3.63, 3.8) is 0 Å². The van der Waals surface area contributed by atoms with Gasteiger partial charge in [-0.2, -0.15) is 0 Å². The van der Waals surface area contributed by atoms with Crippen LogP contribution in [0, 0.1) is 0 Å². The summed E-state index contributed by atoms with van der Waals surface area (Å²) in [6.07, 6.45) is 0.993. The number of benzene rings is 3. The maximum Gasteiger partial charge on any atom is 0.274 e. The summed E-state index contributed by atoms with van der Waals surface area (Å²) in [7, 11) is 0. The number of hydrogen-bond acceptors (Lipinski definition) is 6. The molecule has 4 N–H and O–H groups in total. The van der Waals surface area contributed by atoms with Crippen molar-refractivity contribution in [3.05, 3.63) is 89.5 Å². The Morgan fingerprint density at radius 1 is 0.886 bits per heavy atom. The molecule has 3 amide bonds. The van der Waals surface area contributed by atoms with E-state index in [-0.39, 0.29) is 30.6 Å². The molecule has 0 radical (unpaired) electrons. The number of carbonyl (C=O) groups is 3. The predicted molar refractivity (Wildman–Crippen MR) is 127 cm³/mol. The normalized spacial score (nSPS) is 12.5. The predicted octanol–water partition coefficient (Wildman–Crippen LogP) is 2.83. The van der Waals surface area contributed by atoms with E-state index in [1.165, 1.54) is 12.1 Å². The molecule has 1 atom stereocenters. The maximum absolute atomic E-state index is 13.1. The largest absolute Gasteiger partial charge is 0.454 e. The van der Waals surface area contributed by atoms with Crippen LogP contribution in [0.2, 0.25) is 0 Å². The maximum atomic E-state index is 13.1. The number of hydrogen-bond donors (Lipinski definition) is 4. The van der Waals surface area contributed by atoms with E-state index in [1.54, 1.807) is 17.6 Å². The molecule has 1 aliphatic heterocycles. The third-order valence-corrected chi connectivity index (χ3v) is 5.53. The molecule has 1 heterocycles. The minimum absolute atomic E-state index is 0.187. The van der Waals surface area contributed by atoms with Gasteiger partial charge in [-0.3, -0.25) is 19.6 Å². The van der Waals surface area contributed by atoms with Crippen LogP contribution in [0.5, 0.6) is 11.5 Å². The second-order valence-electron chi connectivity index (χ2n) is 8.00. The molecule has 4 rings (SSSR count). The van der Waals surface area contributed by atoms with Gasteiger partial charge in [0.05, 0.1) is 0 Å². The highest BCUT2D eigenvalue weighted by Crippen LogP contribution is 2.32. The first-order valence-corrected chi connectivity index (χ1v) is 11.1. The average Bonchev–Trinajstić information content (AvgIpc) is 3.35. The van der Waals surface area contributed by atoms with Gasteiger partial charge in [-0.15, -0.1) is 0 Å². The van der Waals surface area contributed by atoms with Crippen LogP contribution >= 0.6 is 0 Å². The van der Waals surface area contributed by atoms with Crippen LogP contribution in [0.15, 0.2) is 72.8 Å². The second kappa shape index (κ2) is 11.2. The third kappa shape index (κ3) is 6.36. The number of carbonyl (C=O) groups excluding carboxylic acids is 3. The zero-order valence-corrected chi connectivity index (χ0v) is 18.8. The molecule has 0 spiro atoms. The van der Waals surface area contributed by atoms with E-state index in [1.807, 2.05) is 48.5 Å². The van der Waals surface area contributed by atoms with Crippen molar-refractivity contribution in [1.82, 2.24) is 10.8 Å². The highest BCUT2D eigenvalue weighted by molar-refractivity contribution is 5.98. The molecule has 0 fully saturated rings. The second-order valence-corrected chi connectivity index (χ2v) is 8.00. The molecule has 1 aliphatic rings. The first kappa shape index (κ1) is 23.8. The lowest BCUT2D eigenvalue weighted by atomic mass is 10.0. The molecular formula is C26H25N3O6. The molecule has 0 saturated heterocycles. The number of anilines is 1. The van der Waals surface area contributed by atoms with Crippen molar-refractivity contribution < 1.29 is 29.1 Å². The molecule has 0 aliphatic carbocycles. The van der Waals surface area contributed by atoms with Gasteiger partial charge in [0.25, 0.3) is 5.91 Å². The van der Waals surface area contributed by atoms with E-state index in [4.69, 9.17) is 14.7 Å². The average molecular weight is 476 g/mol. The topological polar surface area (TPSA) is 126 Å². The van der Waals surface area contributed by atoms with Gasteiger partial charge in [0.2, 0.25) is 18.6 Å². The van der Waals surface area contributed by atoms with E-state index in [9.17, 15) is 14.4 Å². The van der Waals surface area contributed by atoms with Crippen molar-refractivity contribution >= 4 is 23.4 Å². The summed E-state index contributed by atoms with van der Waals surface area (Å²) in [6.45, 7) is 0.187. The fraction of sp³-hybridized carbons (Fsp3) is 0.192. The molecule has 0 saturated carbocycles. The zero-order valence-electron chi connectivity index (χ0n) is 18.8. The van der Waals surface area contributed by atoms with Crippen LogP contribution in [-0.4, -0.2) is 35.8 Å². The van der Waals surface area contributed by atoms with Crippen molar-refractivity contribution in [2.75, 3.05) is 12.1 Å². The summed E-state index contributed by atoms with van der Waals surface area (Å²) in [5.74, 6) is 0.0486. The third-order valence-electron chi connectivity index (χ3n) is 5.53. The lowest BCUT2D eigenvalue weighted by Crippen LogP contribution is -2.45. The molecule has 3 aromatic rings. The van der Waals surface area contributed by atoms with Gasteiger partial charge in [0.15, 0.2) is 11.5 Å². The summed E-state index contributed by atoms with van der Waals surface area (Å²) in [6, 6.07) is 20.2. The van der Waals surface area contributed by atoms with Crippen molar-refractivity contribution in [1.29, 1.82) is 0 Å². The van der Waals surface area contributed by atoms with E-state index < -0.39 is 11.9 Å². The lowest BCUT2D eigenvalue weighted by molar-refractivity contribution is -0.126. The first-order chi connectivity index (χ1) is 17.0. The van der Waals surface area contributed by atoms with Crippen LogP contribution < -0.4 is 25.6 Å². The summed E-state index contributed by atoms with van der Waals surface area (Å²) in [4.78, 5) is 37.3. The summed E-state index contributed by atoms with van der Waals surface area (Å²) < 4.78 is 10.7. The Kier molecular flexibility index (Phi) is 7.59. The van der Waals surface area contributed by atoms with E-state index in [2.05, 4.69) is 10.6 Å². The SMILES string of the molecule is O=C(CCc1ccc2c(c1)OCO2)N[C@@H](Cc1ccccc1)C(=O)Nc1ccc(C(=O)NO)cc1. The monoisotopic (exact) mass is 475 g/mol. The van der Waals surface area contributed by atoms with Crippen molar-refractivity contribution in [3.8, 4) is 11.5 Å². The van der Waals surface area contributed by atoms with Gasteiger partial charge in [0, 0.05) is 24.1 Å². The Morgan fingerprint density at radius 3 is 2.37 bits per heavy atom. The number of rotatable bonds is 9. The van der Waals surface area contributed by atoms with Gasteiger partial charge in [-0.1, -0.05) is 36.4 Å². The number of ether oxygens (including phenoxy) is 2. The number of fused-ring (bicyclic) bond motifs is 1. The minimum atomic E-state index is -0.804. The molecule has 9 nitrogen and oxygen atoms in total. The molecule has 9 heteroatoms. The standard InChI is InChI=1S/C26H25N3O6/c30-24(13-7-18-6-12-22-23(15-18)35-16-34-22)28-21(14-17-4-2-1-3-5-17)26(32)27-20-10-8-19(9-11-20)25(31)29-33/h1-6,8-12,15,21,33H,7,13-14,16H2,(H,27,32)(H,28,30)(H,29,31)/t21-/m0/s1. The number of nitrogens with one attached hydrogen (secondary N) is 3. The summed E-state index contributed by atoms with van der Waals surface area (Å²) >= 11 is 0. The molecule has 35 heavy (non-hydrogen) atoms. The van der Waals surface area contributed by atoms with Crippen LogP contribution in [-0.2, 0) is 22.4 Å². The number of aryl methyl sites for hydroxylation is 1. The molecule has 180 valence electrons. The van der Waals surface area contributed by atoms with Gasteiger partial charge in [-0.05, 0) is 53.9 Å². The highest BCUT2D eigenvalue weighted by Gasteiger charge is 2.22. The van der Waals surface area contributed by atoms with Gasteiger partial charge in [0.1, 0.15) is 6.04 Å². The van der Waals surface area contributed by atoms with Crippen LogP contribution in [0.25, 0.3) is 0 Å². The first-order valence-electron chi connectivity index (χ1n) is 11.1. The van der Waals surface area contributed by atoms with Crippen LogP contribution in [0.4, 0.5) is 5.69 Å². The van der Waals surface area contributed by atoms with Gasteiger partial charge in [-0.25, -0.2) is 5.48 Å². The van der Waals surface area contributed by atoms with Crippen molar-refractivity contribution in [2.24, 2.45) is 0 Å². The minimum Gasteiger partial charge on any atom is -0.454 e. The molecular weight excluding hydrogens is 450 g/mol. The Hall–Kier alpha value is -4.37. The van der Waals surface area contributed by atoms with Crippen LogP contribution in [0.3, 0.4) is 0 Å². The van der Waals surface area contributed by atoms with Gasteiger partial charge >= 0.3 is 0 Å². The summed E-state index contributed by atoms with van der Waals surface area (Å²) in [5, 5.41) is 14.4. The van der Waals surface area contributed by atoms with E-state index in [0.29, 0.717) is 30.0 Å². The number of hydroxylamine groups is 1. The highest BCUT2D eigenvalue weighted by atomic mass is 16.7. The van der Waals surface area contributed by atoms with Crippen molar-refractivity contribution in [2.45, 2.75) is 25.3 Å². The molecule has 3 aromatic carbocycles. The van der Waals surface area contributed by atoms with Crippen LogP contribution in [0.1, 0.15) is 27.9 Å². The van der Waals surface area contributed by atoms with E-state index >= 15 is 0 Å². The fourth-order valence-corrected chi connectivity index (χ4v) is 3.68. The smallest absolute Gasteiger partial charge is 0.274 e. The fourth-order valence-electron chi connectivity index (χ4n) is 3.68. The Bertz CT molecular complexity index is 1200. The quantitative estimate of drug-likeness (QED) is 0.279. The van der Waals surface area contributed by atoms with E-state index in [0.717, 1.165) is 11.1 Å².